The fourth-order valence-electron chi connectivity index (χ4n) is 4.42. The van der Waals surface area contributed by atoms with Gasteiger partial charge in [-0.05, 0) is 48.2 Å². The summed E-state index contributed by atoms with van der Waals surface area (Å²) in [7, 11) is 0. The molecule has 1 aliphatic carbocycles. The number of fused-ring (bicyclic) bond motifs is 2. The van der Waals surface area contributed by atoms with E-state index in [1.807, 2.05) is 48.5 Å². The second kappa shape index (κ2) is 7.41. The van der Waals surface area contributed by atoms with Gasteiger partial charge in [-0.15, -0.1) is 22.7 Å². The number of halogens is 2. The van der Waals surface area contributed by atoms with E-state index in [-0.39, 0.29) is 11.2 Å². The Bertz CT molecular complexity index is 1130. The van der Waals surface area contributed by atoms with Crippen molar-refractivity contribution in [2.75, 3.05) is 0 Å². The smallest absolute Gasteiger partial charge is 0.193 e. The molecule has 0 N–H and O–H groups in total. The molecule has 0 unspecified atom stereocenters. The van der Waals surface area contributed by atoms with Gasteiger partial charge < -0.3 is 0 Å². The molecule has 1 nitrogen and oxygen atoms in total. The maximum atomic E-state index is 13.3. The third kappa shape index (κ3) is 3.27. The first-order valence-electron chi connectivity index (χ1n) is 9.29. The van der Waals surface area contributed by atoms with Crippen molar-refractivity contribution >= 4 is 51.7 Å². The molecule has 0 amide bonds. The van der Waals surface area contributed by atoms with Gasteiger partial charge in [0.2, 0.25) is 0 Å². The number of hydrogen-bond donors (Lipinski definition) is 0. The van der Waals surface area contributed by atoms with E-state index in [1.54, 1.807) is 22.7 Å². The monoisotopic (exact) mass is 454 g/mol. The van der Waals surface area contributed by atoms with Crippen LogP contribution in [0.1, 0.15) is 36.8 Å². The van der Waals surface area contributed by atoms with Crippen molar-refractivity contribution < 1.29 is 4.79 Å². The molecule has 2 aromatic heterocycles. The fourth-order valence-corrected chi connectivity index (χ4v) is 6.82. The molecule has 5 rings (SSSR count). The Labute approximate surface area is 187 Å². The second-order valence-corrected chi connectivity index (χ2v) is 10.9. The SMILES string of the molecule is O=C1c2ccccc2C(Cc2ccc(Cl)s2)(Cc2ccc(Cl)s2)c2ccccc21. The third-order valence-electron chi connectivity index (χ3n) is 5.58. The van der Waals surface area contributed by atoms with E-state index in [9.17, 15) is 4.79 Å². The van der Waals surface area contributed by atoms with Crippen molar-refractivity contribution in [2.45, 2.75) is 18.3 Å². The molecular weight excluding hydrogens is 439 g/mol. The molecule has 0 saturated carbocycles. The lowest BCUT2D eigenvalue weighted by Gasteiger charge is -2.40. The van der Waals surface area contributed by atoms with Crippen LogP contribution in [-0.4, -0.2) is 5.78 Å². The molecule has 0 bridgehead atoms. The highest BCUT2D eigenvalue weighted by molar-refractivity contribution is 7.16. The average molecular weight is 455 g/mol. The van der Waals surface area contributed by atoms with E-state index in [2.05, 4.69) is 24.3 Å². The number of rotatable bonds is 4. The predicted molar refractivity (Wildman–Crippen MR) is 123 cm³/mol. The van der Waals surface area contributed by atoms with Gasteiger partial charge in [0.1, 0.15) is 0 Å². The van der Waals surface area contributed by atoms with Gasteiger partial charge in [0.05, 0.1) is 8.67 Å². The fraction of sp³-hybridized carbons (Fsp3) is 0.125. The number of carbonyl (C=O) groups is 1. The number of benzene rings is 2. The Balaban J connectivity index is 1.78. The molecule has 0 atom stereocenters. The molecule has 2 aromatic carbocycles. The minimum atomic E-state index is -0.358. The summed E-state index contributed by atoms with van der Waals surface area (Å²) in [5, 5.41) is 0. The van der Waals surface area contributed by atoms with Crippen molar-refractivity contribution in [3.8, 4) is 0 Å². The van der Waals surface area contributed by atoms with Crippen LogP contribution >= 0.6 is 45.9 Å². The number of hydrogen-bond acceptors (Lipinski definition) is 3. The molecule has 0 aliphatic heterocycles. The molecule has 0 radical (unpaired) electrons. The zero-order valence-electron chi connectivity index (χ0n) is 15.3. The Morgan fingerprint density at radius 3 is 1.52 bits per heavy atom. The summed E-state index contributed by atoms with van der Waals surface area (Å²) in [5.41, 5.74) is 3.38. The summed E-state index contributed by atoms with van der Waals surface area (Å²) in [5.74, 6) is 0.0975. The standard InChI is InChI=1S/C24H16Cl2OS2/c25-21-11-9-15(28-21)13-24(14-16-10-12-22(26)29-16)19-7-3-1-5-17(19)23(27)18-6-2-4-8-20(18)24/h1-12H,13-14H2. The van der Waals surface area contributed by atoms with E-state index >= 15 is 0 Å². The van der Waals surface area contributed by atoms with Gasteiger partial charge in [-0.1, -0.05) is 71.7 Å². The van der Waals surface area contributed by atoms with Crippen molar-refractivity contribution in [3.05, 3.63) is 113 Å². The number of carbonyl (C=O) groups excluding carboxylic acids is 1. The van der Waals surface area contributed by atoms with Crippen LogP contribution in [0.5, 0.6) is 0 Å². The van der Waals surface area contributed by atoms with Crippen LogP contribution < -0.4 is 0 Å². The molecule has 2 heterocycles. The molecular formula is C24H16Cl2OS2. The second-order valence-electron chi connectivity index (χ2n) is 7.27. The van der Waals surface area contributed by atoms with Gasteiger partial charge in [-0.2, -0.15) is 0 Å². The predicted octanol–water partition coefficient (Wildman–Crippen LogP) is 7.43. The van der Waals surface area contributed by atoms with Crippen LogP contribution in [0.2, 0.25) is 8.67 Å². The maximum Gasteiger partial charge on any atom is 0.193 e. The summed E-state index contributed by atoms with van der Waals surface area (Å²) < 4.78 is 1.56. The molecule has 1 aliphatic rings. The summed E-state index contributed by atoms with van der Waals surface area (Å²) in [6.07, 6.45) is 1.56. The highest BCUT2D eigenvalue weighted by Gasteiger charge is 2.44. The van der Waals surface area contributed by atoms with Crippen LogP contribution in [-0.2, 0) is 18.3 Å². The van der Waals surface area contributed by atoms with Crippen LogP contribution in [0.3, 0.4) is 0 Å². The zero-order valence-corrected chi connectivity index (χ0v) is 18.5. The van der Waals surface area contributed by atoms with Crippen LogP contribution in [0, 0.1) is 0 Å². The Morgan fingerprint density at radius 2 is 1.10 bits per heavy atom. The molecule has 0 fully saturated rings. The van der Waals surface area contributed by atoms with Gasteiger partial charge in [-0.25, -0.2) is 0 Å². The third-order valence-corrected chi connectivity index (χ3v) is 8.05. The van der Waals surface area contributed by atoms with E-state index < -0.39 is 0 Å². The Hall–Kier alpha value is -1.91. The van der Waals surface area contributed by atoms with Crippen molar-refractivity contribution in [1.82, 2.24) is 0 Å². The first kappa shape index (κ1) is 19.1. The molecule has 0 spiro atoms. The minimum Gasteiger partial charge on any atom is -0.289 e. The molecule has 144 valence electrons. The maximum absolute atomic E-state index is 13.3. The van der Waals surface area contributed by atoms with Crippen molar-refractivity contribution in [2.24, 2.45) is 0 Å². The number of ketones is 1. The summed E-state index contributed by atoms with van der Waals surface area (Å²) in [6.45, 7) is 0. The van der Waals surface area contributed by atoms with Crippen LogP contribution in [0.15, 0.2) is 72.8 Å². The lowest BCUT2D eigenvalue weighted by atomic mass is 9.62. The van der Waals surface area contributed by atoms with E-state index in [4.69, 9.17) is 23.2 Å². The molecule has 0 saturated heterocycles. The van der Waals surface area contributed by atoms with Crippen molar-refractivity contribution in [1.29, 1.82) is 0 Å². The van der Waals surface area contributed by atoms with Gasteiger partial charge in [0.15, 0.2) is 5.78 Å². The van der Waals surface area contributed by atoms with Crippen LogP contribution in [0.25, 0.3) is 0 Å². The van der Waals surface area contributed by atoms with Crippen molar-refractivity contribution in [3.63, 3.8) is 0 Å². The first-order valence-corrected chi connectivity index (χ1v) is 11.7. The quantitative estimate of drug-likeness (QED) is 0.313. The van der Waals surface area contributed by atoms with Gasteiger partial charge in [0.25, 0.3) is 0 Å². The lowest BCUT2D eigenvalue weighted by molar-refractivity contribution is 0.102. The van der Waals surface area contributed by atoms with E-state index in [0.717, 1.165) is 43.8 Å². The van der Waals surface area contributed by atoms with Gasteiger partial charge in [-0.3, -0.25) is 4.79 Å². The first-order chi connectivity index (χ1) is 14.1. The highest BCUT2D eigenvalue weighted by atomic mass is 35.5. The molecule has 4 aromatic rings. The average Bonchev–Trinajstić information content (AvgIpc) is 3.33. The normalized spacial score (nSPS) is 14.5. The van der Waals surface area contributed by atoms with E-state index in [1.165, 1.54) is 9.75 Å². The highest BCUT2D eigenvalue weighted by Crippen LogP contribution is 2.47. The zero-order chi connectivity index (χ0) is 20.0. The summed E-state index contributed by atoms with van der Waals surface area (Å²) >= 11 is 15.7. The summed E-state index contributed by atoms with van der Waals surface area (Å²) in [4.78, 5) is 15.7. The topological polar surface area (TPSA) is 17.1 Å². The molecule has 29 heavy (non-hydrogen) atoms. The van der Waals surface area contributed by atoms with Gasteiger partial charge >= 0.3 is 0 Å². The van der Waals surface area contributed by atoms with E-state index in [0.29, 0.717) is 0 Å². The van der Waals surface area contributed by atoms with Gasteiger partial charge in [0, 0.05) is 26.3 Å². The van der Waals surface area contributed by atoms with Crippen LogP contribution in [0.4, 0.5) is 0 Å². The number of thiophene rings is 2. The largest absolute Gasteiger partial charge is 0.289 e. The lowest BCUT2D eigenvalue weighted by Crippen LogP contribution is -2.39. The Morgan fingerprint density at radius 1 is 0.655 bits per heavy atom. The Kier molecular flexibility index (Phi) is 4.87. The summed E-state index contributed by atoms with van der Waals surface area (Å²) in [6, 6.07) is 24.1. The molecule has 5 heteroatoms. The minimum absolute atomic E-state index is 0.0975.